The first-order valence-corrected chi connectivity index (χ1v) is 10.4. The van der Waals surface area contributed by atoms with Gasteiger partial charge in [0.1, 0.15) is 16.9 Å². The van der Waals surface area contributed by atoms with Crippen LogP contribution < -0.4 is 10.1 Å². The third kappa shape index (κ3) is 5.81. The summed E-state index contributed by atoms with van der Waals surface area (Å²) in [4.78, 5) is 20.7. The summed E-state index contributed by atoms with van der Waals surface area (Å²) < 4.78 is 12.5. The van der Waals surface area contributed by atoms with Crippen LogP contribution in [0.25, 0.3) is 10.9 Å². The Kier molecular flexibility index (Phi) is 6.30. The highest BCUT2D eigenvalue weighted by Gasteiger charge is 2.26. The summed E-state index contributed by atoms with van der Waals surface area (Å²) in [6, 6.07) is 3.84. The van der Waals surface area contributed by atoms with Crippen molar-refractivity contribution in [1.29, 1.82) is 0 Å². The quantitative estimate of drug-likeness (QED) is 0.466. The molecule has 6 nitrogen and oxygen atoms in total. The van der Waals surface area contributed by atoms with Crippen molar-refractivity contribution >= 4 is 51.2 Å². The van der Waals surface area contributed by atoms with Crippen LogP contribution in [-0.4, -0.2) is 33.8 Å². The summed E-state index contributed by atoms with van der Waals surface area (Å²) in [5.41, 5.74) is 0.278. The zero-order valence-electron chi connectivity index (χ0n) is 15.6. The number of hydrogen-bond donors (Lipinski definition) is 1. The molecule has 1 amide bonds. The lowest BCUT2D eigenvalue weighted by atomic mass is 9.93. The average Bonchev–Trinajstić information content (AvgIpc) is 2.55. The molecule has 0 spiro atoms. The van der Waals surface area contributed by atoms with Gasteiger partial charge in [-0.3, -0.25) is 4.98 Å². The molecular weight excluding hydrogens is 481 g/mol. The minimum atomic E-state index is -0.491. The maximum atomic E-state index is 11.9. The summed E-state index contributed by atoms with van der Waals surface area (Å²) >= 11 is 8.34. The second-order valence-electron chi connectivity index (χ2n) is 7.71. The van der Waals surface area contributed by atoms with E-state index in [4.69, 9.17) is 21.1 Å². The van der Waals surface area contributed by atoms with Crippen LogP contribution in [0.15, 0.2) is 18.3 Å². The van der Waals surface area contributed by atoms with Crippen molar-refractivity contribution < 1.29 is 14.3 Å². The van der Waals surface area contributed by atoms with E-state index in [1.807, 2.05) is 26.8 Å². The number of aromatic nitrogens is 2. The number of amides is 1. The van der Waals surface area contributed by atoms with Crippen LogP contribution in [0.3, 0.4) is 0 Å². The van der Waals surface area contributed by atoms with Gasteiger partial charge in [0.2, 0.25) is 5.88 Å². The Morgan fingerprint density at radius 2 is 1.96 bits per heavy atom. The SMILES string of the molecule is CC(C)(C)OC(=O)NC1CCC(Oc2nc(Cl)cc3ncc(I)cc23)CC1. The molecule has 1 fully saturated rings. The summed E-state index contributed by atoms with van der Waals surface area (Å²) in [5.74, 6) is 0.520. The first-order valence-electron chi connectivity index (χ1n) is 8.97. The summed E-state index contributed by atoms with van der Waals surface area (Å²) in [7, 11) is 0. The number of halogens is 2. The lowest BCUT2D eigenvalue weighted by Gasteiger charge is -2.30. The number of carbonyl (C=O) groups excluding carboxylic acids is 1. The number of nitrogens with zero attached hydrogens (tertiary/aromatic N) is 2. The molecule has 146 valence electrons. The number of alkyl carbamates (subject to hydrolysis) is 1. The van der Waals surface area contributed by atoms with Crippen LogP contribution in [0.1, 0.15) is 46.5 Å². The van der Waals surface area contributed by atoms with Crippen molar-refractivity contribution in [2.45, 2.75) is 64.2 Å². The number of carbonyl (C=O) groups is 1. The lowest BCUT2D eigenvalue weighted by Crippen LogP contribution is -2.42. The van der Waals surface area contributed by atoms with Crippen LogP contribution in [0.4, 0.5) is 4.79 Å². The van der Waals surface area contributed by atoms with E-state index in [2.05, 4.69) is 37.9 Å². The first-order chi connectivity index (χ1) is 12.7. The van der Waals surface area contributed by atoms with E-state index in [0.29, 0.717) is 11.0 Å². The van der Waals surface area contributed by atoms with Crippen molar-refractivity contribution in [2.24, 2.45) is 0 Å². The predicted octanol–water partition coefficient (Wildman–Crippen LogP) is 5.10. The molecule has 27 heavy (non-hydrogen) atoms. The van der Waals surface area contributed by atoms with Gasteiger partial charge in [0.25, 0.3) is 0 Å². The van der Waals surface area contributed by atoms with E-state index >= 15 is 0 Å². The molecule has 1 N–H and O–H groups in total. The molecule has 1 saturated carbocycles. The third-order valence-electron chi connectivity index (χ3n) is 4.25. The summed E-state index contributed by atoms with van der Waals surface area (Å²) in [6.07, 6.45) is 4.78. The van der Waals surface area contributed by atoms with E-state index < -0.39 is 5.60 Å². The van der Waals surface area contributed by atoms with Crippen molar-refractivity contribution in [1.82, 2.24) is 15.3 Å². The molecule has 0 aromatic carbocycles. The number of rotatable bonds is 3. The van der Waals surface area contributed by atoms with Crippen molar-refractivity contribution in [3.05, 3.63) is 27.1 Å². The molecular formula is C19H23ClIN3O3. The molecule has 0 saturated heterocycles. The molecule has 0 aliphatic heterocycles. The number of nitrogens with one attached hydrogen (secondary N) is 1. The van der Waals surface area contributed by atoms with Gasteiger partial charge >= 0.3 is 6.09 Å². The standard InChI is InChI=1S/C19H23ClIN3O3/c1-19(2,3)27-18(25)23-12-4-6-13(7-5-12)26-17-14-8-11(21)10-22-15(14)9-16(20)24-17/h8-10,12-13H,4-7H2,1-3H3,(H,23,25). The minimum Gasteiger partial charge on any atom is -0.474 e. The van der Waals surface area contributed by atoms with Gasteiger partial charge in [0.05, 0.1) is 10.9 Å². The molecule has 1 aliphatic carbocycles. The molecule has 2 aromatic heterocycles. The molecule has 0 radical (unpaired) electrons. The number of ether oxygens (including phenoxy) is 2. The molecule has 2 heterocycles. The topological polar surface area (TPSA) is 73.3 Å². The number of hydrogen-bond acceptors (Lipinski definition) is 5. The fraction of sp³-hybridized carbons (Fsp3) is 0.526. The molecule has 0 unspecified atom stereocenters. The summed E-state index contributed by atoms with van der Waals surface area (Å²) in [5, 5.41) is 4.17. The van der Waals surface area contributed by atoms with Crippen LogP contribution in [0, 0.1) is 3.57 Å². The number of fused-ring (bicyclic) bond motifs is 1. The molecule has 0 atom stereocenters. The van der Waals surface area contributed by atoms with Crippen molar-refractivity contribution in [3.8, 4) is 5.88 Å². The van der Waals surface area contributed by atoms with Crippen molar-refractivity contribution in [2.75, 3.05) is 0 Å². The molecule has 8 heteroatoms. The van der Waals surface area contributed by atoms with Gasteiger partial charge < -0.3 is 14.8 Å². The van der Waals surface area contributed by atoms with Crippen LogP contribution in [-0.2, 0) is 4.74 Å². The van der Waals surface area contributed by atoms with Crippen molar-refractivity contribution in [3.63, 3.8) is 0 Å². The third-order valence-corrected chi connectivity index (χ3v) is 5.04. The highest BCUT2D eigenvalue weighted by atomic mass is 127. The Balaban J connectivity index is 1.61. The van der Waals surface area contributed by atoms with Crippen LogP contribution in [0.2, 0.25) is 5.15 Å². The van der Waals surface area contributed by atoms with Gasteiger partial charge in [-0.1, -0.05) is 11.6 Å². The largest absolute Gasteiger partial charge is 0.474 e. The van der Waals surface area contributed by atoms with Crippen LogP contribution in [0.5, 0.6) is 5.88 Å². The van der Waals surface area contributed by atoms with Crippen LogP contribution >= 0.6 is 34.2 Å². The number of pyridine rings is 2. The van der Waals surface area contributed by atoms with E-state index in [1.165, 1.54) is 0 Å². The zero-order valence-corrected chi connectivity index (χ0v) is 18.5. The maximum Gasteiger partial charge on any atom is 0.407 e. The normalized spacial score (nSPS) is 20.3. The maximum absolute atomic E-state index is 11.9. The van der Waals surface area contributed by atoms with Gasteiger partial charge in [-0.25, -0.2) is 9.78 Å². The second kappa shape index (κ2) is 8.34. The predicted molar refractivity (Wildman–Crippen MR) is 113 cm³/mol. The van der Waals surface area contributed by atoms with E-state index in [0.717, 1.165) is 40.2 Å². The highest BCUT2D eigenvalue weighted by Crippen LogP contribution is 2.30. The Morgan fingerprint density at radius 1 is 1.26 bits per heavy atom. The van der Waals surface area contributed by atoms with E-state index in [1.54, 1.807) is 12.3 Å². The Hall–Kier alpha value is -1.35. The Morgan fingerprint density at radius 3 is 2.63 bits per heavy atom. The van der Waals surface area contributed by atoms with Gasteiger partial charge in [0, 0.05) is 21.9 Å². The van der Waals surface area contributed by atoms with Gasteiger partial charge in [0.15, 0.2) is 0 Å². The molecule has 0 bridgehead atoms. The summed E-state index contributed by atoms with van der Waals surface area (Å²) in [6.45, 7) is 5.57. The fourth-order valence-electron chi connectivity index (χ4n) is 3.09. The monoisotopic (exact) mass is 503 g/mol. The first kappa shape index (κ1) is 20.4. The fourth-order valence-corrected chi connectivity index (χ4v) is 3.72. The van der Waals surface area contributed by atoms with Gasteiger partial charge in [-0.15, -0.1) is 0 Å². The smallest absolute Gasteiger partial charge is 0.407 e. The van der Waals surface area contributed by atoms with E-state index in [9.17, 15) is 4.79 Å². The minimum absolute atomic E-state index is 0.0359. The zero-order chi connectivity index (χ0) is 19.6. The molecule has 2 aromatic rings. The molecule has 1 aliphatic rings. The molecule has 3 rings (SSSR count). The van der Waals surface area contributed by atoms with Gasteiger partial charge in [-0.05, 0) is 75.1 Å². The van der Waals surface area contributed by atoms with Gasteiger partial charge in [-0.2, -0.15) is 0 Å². The lowest BCUT2D eigenvalue weighted by molar-refractivity contribution is 0.0470. The highest BCUT2D eigenvalue weighted by molar-refractivity contribution is 14.1. The Labute approximate surface area is 177 Å². The second-order valence-corrected chi connectivity index (χ2v) is 9.34. The van der Waals surface area contributed by atoms with E-state index in [-0.39, 0.29) is 18.2 Å². The Bertz CT molecular complexity index is 833. The average molecular weight is 504 g/mol.